The summed E-state index contributed by atoms with van der Waals surface area (Å²) in [6.07, 6.45) is 0. The summed E-state index contributed by atoms with van der Waals surface area (Å²) in [6, 6.07) is 5.06. The molecule has 0 saturated carbocycles. The number of carbonyl (C=O) groups is 1. The number of cyclic esters (lactones) is 1. The molecule has 1 aromatic rings. The fourth-order valence-electron chi connectivity index (χ4n) is 1.92. The van der Waals surface area contributed by atoms with Gasteiger partial charge in [-0.15, -0.1) is 0 Å². The average Bonchev–Trinajstić information content (AvgIpc) is 2.67. The Balaban J connectivity index is 2.45. The number of halogens is 1. The first-order valence-electron chi connectivity index (χ1n) is 5.91. The number of esters is 1. The quantitative estimate of drug-likeness (QED) is 0.596. The third kappa shape index (κ3) is 2.77. The van der Waals surface area contributed by atoms with Gasteiger partial charge in [-0.2, -0.15) is 0 Å². The van der Waals surface area contributed by atoms with Crippen LogP contribution in [0.25, 0.3) is 0 Å². The topological polar surface area (TPSA) is 61.8 Å². The van der Waals surface area contributed by atoms with E-state index >= 15 is 0 Å². The van der Waals surface area contributed by atoms with Crippen molar-refractivity contribution < 1.29 is 23.1 Å². The molecule has 0 aliphatic carbocycles. The van der Waals surface area contributed by atoms with Crippen LogP contribution in [0.4, 0.5) is 0 Å². The highest BCUT2D eigenvalue weighted by Gasteiger charge is 2.46. The summed E-state index contributed by atoms with van der Waals surface area (Å²) in [6.45, 7) is 3.86. The number of hydrogen-bond acceptors (Lipinski definition) is 5. The summed E-state index contributed by atoms with van der Waals surface area (Å²) in [5.74, 6) is -1.50. The highest BCUT2D eigenvalue weighted by atomic mass is 79.9. The van der Waals surface area contributed by atoms with E-state index in [0.29, 0.717) is 11.1 Å². The van der Waals surface area contributed by atoms with E-state index in [1.54, 1.807) is 32.0 Å². The lowest BCUT2D eigenvalue weighted by Gasteiger charge is -2.22. The second-order valence-corrected chi connectivity index (χ2v) is 6.85. The van der Waals surface area contributed by atoms with Crippen LogP contribution in [-0.4, -0.2) is 19.2 Å². The van der Waals surface area contributed by atoms with Gasteiger partial charge in [-0.1, -0.05) is 15.9 Å². The maximum Gasteiger partial charge on any atom is 0.375 e. The molecule has 19 heavy (non-hydrogen) atoms. The Labute approximate surface area is 119 Å². The van der Waals surface area contributed by atoms with Crippen LogP contribution in [0, 0.1) is 0 Å². The molecule has 0 aromatic heterocycles. The molecular formula is C12H14BrO5P. The van der Waals surface area contributed by atoms with Crippen LogP contribution >= 0.6 is 23.5 Å². The lowest BCUT2D eigenvalue weighted by Crippen LogP contribution is -2.06. The number of hydrogen-bond donors (Lipinski definition) is 0. The van der Waals surface area contributed by atoms with E-state index in [2.05, 4.69) is 15.9 Å². The molecule has 0 radical (unpaired) electrons. The Morgan fingerprint density at radius 1 is 1.32 bits per heavy atom. The predicted molar refractivity (Wildman–Crippen MR) is 73.2 cm³/mol. The zero-order valence-electron chi connectivity index (χ0n) is 10.6. The smallest absolute Gasteiger partial charge is 0.375 e. The van der Waals surface area contributed by atoms with Gasteiger partial charge in [-0.25, -0.2) is 4.79 Å². The molecule has 0 N–H and O–H groups in total. The largest absolute Gasteiger partial charge is 0.441 e. The molecule has 0 spiro atoms. The van der Waals surface area contributed by atoms with Crippen molar-refractivity contribution in [3.05, 3.63) is 33.8 Å². The zero-order valence-corrected chi connectivity index (χ0v) is 13.1. The Bertz CT molecular complexity index is 535. The molecule has 2 rings (SSSR count). The van der Waals surface area contributed by atoms with Gasteiger partial charge in [-0.3, -0.25) is 4.57 Å². The third-order valence-electron chi connectivity index (χ3n) is 2.62. The average molecular weight is 349 g/mol. The SMILES string of the molecule is CCOP(=O)(OCC)C1OC(=O)c2ccc(Br)cc21. The van der Waals surface area contributed by atoms with E-state index in [9.17, 15) is 9.36 Å². The first kappa shape index (κ1) is 14.7. The number of rotatable bonds is 5. The Kier molecular flexibility index (Phi) is 4.46. The fourth-order valence-corrected chi connectivity index (χ4v) is 4.14. The Hall–Kier alpha value is -0.680. The fraction of sp³-hybridized carbons (Fsp3) is 0.417. The second-order valence-electron chi connectivity index (χ2n) is 3.86. The van der Waals surface area contributed by atoms with Crippen LogP contribution in [0.2, 0.25) is 0 Å². The van der Waals surface area contributed by atoms with Crippen LogP contribution < -0.4 is 0 Å². The lowest BCUT2D eigenvalue weighted by atomic mass is 10.1. The summed E-state index contributed by atoms with van der Waals surface area (Å²) < 4.78 is 29.1. The van der Waals surface area contributed by atoms with Gasteiger partial charge in [0.25, 0.3) is 0 Å². The number of carbonyl (C=O) groups excluding carboxylic acids is 1. The highest BCUT2D eigenvalue weighted by molar-refractivity contribution is 9.10. The number of benzene rings is 1. The van der Waals surface area contributed by atoms with E-state index in [0.717, 1.165) is 4.47 Å². The van der Waals surface area contributed by atoms with Crippen molar-refractivity contribution in [1.29, 1.82) is 0 Å². The summed E-state index contributed by atoms with van der Waals surface area (Å²) in [5, 5.41) is 0. The van der Waals surface area contributed by atoms with Crippen molar-refractivity contribution in [3.8, 4) is 0 Å². The van der Waals surface area contributed by atoms with Gasteiger partial charge < -0.3 is 13.8 Å². The summed E-state index contributed by atoms with van der Waals surface area (Å²) in [4.78, 5) is 11.8. The molecule has 0 fully saturated rings. The van der Waals surface area contributed by atoms with Crippen molar-refractivity contribution in [2.45, 2.75) is 19.7 Å². The van der Waals surface area contributed by atoms with Gasteiger partial charge in [0.15, 0.2) is 0 Å². The standard InChI is InChI=1S/C12H14BrO5P/c1-3-16-19(15,17-4-2)12-10-7-8(13)5-6-9(10)11(14)18-12/h5-7,12H,3-4H2,1-2H3. The van der Waals surface area contributed by atoms with Crippen molar-refractivity contribution in [1.82, 2.24) is 0 Å². The molecular weight excluding hydrogens is 335 g/mol. The summed E-state index contributed by atoms with van der Waals surface area (Å²) in [7, 11) is -3.52. The lowest BCUT2D eigenvalue weighted by molar-refractivity contribution is 0.0440. The summed E-state index contributed by atoms with van der Waals surface area (Å²) in [5.41, 5.74) is 0.928. The highest BCUT2D eigenvalue weighted by Crippen LogP contribution is 2.64. The molecule has 1 heterocycles. The molecule has 0 saturated heterocycles. The van der Waals surface area contributed by atoms with Crippen molar-refractivity contribution in [2.24, 2.45) is 0 Å². The molecule has 1 aliphatic rings. The van der Waals surface area contributed by atoms with Gasteiger partial charge in [0.2, 0.25) is 5.85 Å². The number of fused-ring (bicyclic) bond motifs is 1. The van der Waals surface area contributed by atoms with Crippen LogP contribution in [-0.2, 0) is 18.3 Å². The van der Waals surface area contributed by atoms with Crippen molar-refractivity contribution >= 4 is 29.5 Å². The van der Waals surface area contributed by atoms with Crippen LogP contribution in [0.1, 0.15) is 35.6 Å². The van der Waals surface area contributed by atoms with Gasteiger partial charge >= 0.3 is 13.6 Å². The second kappa shape index (κ2) is 5.75. The normalized spacial score (nSPS) is 18.3. The van der Waals surface area contributed by atoms with Gasteiger partial charge in [-0.05, 0) is 32.0 Å². The monoisotopic (exact) mass is 348 g/mol. The molecule has 0 bridgehead atoms. The van der Waals surface area contributed by atoms with Gasteiger partial charge in [0.05, 0.1) is 18.8 Å². The molecule has 104 valence electrons. The molecule has 7 heteroatoms. The van der Waals surface area contributed by atoms with Crippen LogP contribution in [0.5, 0.6) is 0 Å². The third-order valence-corrected chi connectivity index (χ3v) is 5.31. The van der Waals surface area contributed by atoms with E-state index < -0.39 is 19.4 Å². The predicted octanol–water partition coefficient (Wildman–Crippen LogP) is 3.88. The Morgan fingerprint density at radius 3 is 2.53 bits per heavy atom. The molecule has 5 nitrogen and oxygen atoms in total. The van der Waals surface area contributed by atoms with Crippen molar-refractivity contribution in [2.75, 3.05) is 13.2 Å². The minimum Gasteiger partial charge on any atom is -0.441 e. The van der Waals surface area contributed by atoms with E-state index in [-0.39, 0.29) is 13.2 Å². The van der Waals surface area contributed by atoms with Crippen LogP contribution in [0.3, 0.4) is 0 Å². The van der Waals surface area contributed by atoms with Gasteiger partial charge in [0.1, 0.15) is 0 Å². The minimum atomic E-state index is -3.52. The van der Waals surface area contributed by atoms with E-state index in [1.165, 1.54) is 0 Å². The minimum absolute atomic E-state index is 0.217. The number of ether oxygens (including phenoxy) is 1. The zero-order chi connectivity index (χ0) is 14.0. The molecule has 1 atom stereocenters. The van der Waals surface area contributed by atoms with Gasteiger partial charge in [0, 0.05) is 10.0 Å². The maximum absolute atomic E-state index is 12.7. The molecule has 1 unspecified atom stereocenters. The Morgan fingerprint density at radius 2 is 1.95 bits per heavy atom. The maximum atomic E-state index is 12.7. The first-order valence-corrected chi connectivity index (χ1v) is 8.31. The first-order chi connectivity index (χ1) is 9.01. The summed E-state index contributed by atoms with van der Waals surface area (Å²) >= 11 is 3.32. The molecule has 1 aliphatic heterocycles. The van der Waals surface area contributed by atoms with Crippen LogP contribution in [0.15, 0.2) is 22.7 Å². The molecule has 1 aromatic carbocycles. The van der Waals surface area contributed by atoms with Crippen molar-refractivity contribution in [3.63, 3.8) is 0 Å². The van der Waals surface area contributed by atoms with E-state index in [1.807, 2.05) is 0 Å². The van der Waals surface area contributed by atoms with E-state index in [4.69, 9.17) is 13.8 Å². The molecule has 0 amide bonds.